The number of nitrogens with zero attached hydrogens (tertiary/aromatic N) is 1. The molecule has 23 heavy (non-hydrogen) atoms. The number of benzene rings is 1. The van der Waals surface area contributed by atoms with Gasteiger partial charge < -0.3 is 10.1 Å². The molecular formula is C18H21N3O2. The van der Waals surface area contributed by atoms with Gasteiger partial charge in [-0.3, -0.25) is 4.79 Å². The molecule has 0 atom stereocenters. The summed E-state index contributed by atoms with van der Waals surface area (Å²) in [5.74, 6) is 1.33. The number of nitrogens with one attached hydrogen (secondary N) is 2. The number of hydrogen-bond acceptors (Lipinski definition) is 4. The highest BCUT2D eigenvalue weighted by atomic mass is 16.5. The van der Waals surface area contributed by atoms with Gasteiger partial charge in [-0.2, -0.15) is 5.10 Å². The van der Waals surface area contributed by atoms with Crippen molar-refractivity contribution in [1.82, 2.24) is 15.5 Å². The highest BCUT2D eigenvalue weighted by Crippen LogP contribution is 2.39. The van der Waals surface area contributed by atoms with Crippen molar-refractivity contribution in [1.29, 1.82) is 0 Å². The molecular weight excluding hydrogens is 290 g/mol. The number of hydrogen-bond donors (Lipinski definition) is 2. The van der Waals surface area contributed by atoms with Crippen molar-refractivity contribution >= 4 is 16.3 Å². The Morgan fingerprint density at radius 2 is 2.13 bits per heavy atom. The molecule has 1 aromatic carbocycles. The fourth-order valence-corrected chi connectivity index (χ4v) is 2.36. The van der Waals surface area contributed by atoms with Crippen molar-refractivity contribution in [3.05, 3.63) is 64.4 Å². The minimum Gasteiger partial charge on any atom is -0.456 e. The fourth-order valence-electron chi connectivity index (χ4n) is 2.36. The van der Waals surface area contributed by atoms with Gasteiger partial charge in [-0.1, -0.05) is 26.5 Å². The van der Waals surface area contributed by atoms with Crippen LogP contribution in [-0.2, 0) is 0 Å². The first-order valence-corrected chi connectivity index (χ1v) is 7.60. The Morgan fingerprint density at radius 1 is 1.39 bits per heavy atom. The molecule has 0 radical (unpaired) electrons. The fraction of sp³-hybridized carbons (Fsp3) is 0.222. The number of rotatable bonds is 2. The number of aromatic nitrogens is 2. The maximum Gasteiger partial charge on any atom is 0.272 e. The number of H-pyrrole nitrogens is 1. The zero-order valence-corrected chi connectivity index (χ0v) is 13.9. The van der Waals surface area contributed by atoms with Crippen LogP contribution in [0.4, 0.5) is 0 Å². The molecule has 1 aromatic heterocycles. The number of ether oxygens (including phenoxy) is 1. The maximum atomic E-state index is 11.9. The van der Waals surface area contributed by atoms with Crippen molar-refractivity contribution in [2.45, 2.75) is 20.8 Å². The summed E-state index contributed by atoms with van der Waals surface area (Å²) in [5.41, 5.74) is 1.98. The van der Waals surface area contributed by atoms with Crippen molar-refractivity contribution in [3.8, 4) is 5.75 Å². The van der Waals surface area contributed by atoms with E-state index in [1.165, 1.54) is 0 Å². The lowest BCUT2D eigenvalue weighted by Crippen LogP contribution is -2.16. The molecule has 0 fully saturated rings. The number of allylic oxidation sites excluding steroid dienone is 3. The zero-order valence-electron chi connectivity index (χ0n) is 13.9. The first-order chi connectivity index (χ1) is 11.2. The summed E-state index contributed by atoms with van der Waals surface area (Å²) in [4.78, 5) is 11.9. The molecule has 1 aliphatic heterocycles. The molecule has 120 valence electrons. The Labute approximate surface area is 135 Å². The first kappa shape index (κ1) is 16.5. The van der Waals surface area contributed by atoms with Crippen LogP contribution >= 0.6 is 0 Å². The normalized spacial score (nSPS) is 15.8. The van der Waals surface area contributed by atoms with Crippen LogP contribution in [0.1, 0.15) is 26.5 Å². The monoisotopic (exact) mass is 311 g/mol. The molecule has 2 heterocycles. The third kappa shape index (κ3) is 2.90. The van der Waals surface area contributed by atoms with Crippen molar-refractivity contribution < 1.29 is 4.74 Å². The third-order valence-electron chi connectivity index (χ3n) is 3.42. The summed E-state index contributed by atoms with van der Waals surface area (Å²) in [6.07, 6.45) is 3.72. The van der Waals surface area contributed by atoms with Crippen LogP contribution < -0.4 is 15.6 Å². The molecule has 3 rings (SSSR count). The molecule has 2 N–H and O–H groups in total. The second kappa shape index (κ2) is 6.96. The second-order valence-electron chi connectivity index (χ2n) is 4.67. The topological polar surface area (TPSA) is 67.0 Å². The van der Waals surface area contributed by atoms with E-state index in [9.17, 15) is 4.79 Å². The van der Waals surface area contributed by atoms with E-state index in [-0.39, 0.29) is 5.56 Å². The van der Waals surface area contributed by atoms with Gasteiger partial charge in [-0.15, -0.1) is 0 Å². The quantitative estimate of drug-likeness (QED) is 0.892. The molecule has 0 bridgehead atoms. The van der Waals surface area contributed by atoms with E-state index in [0.717, 1.165) is 16.7 Å². The Morgan fingerprint density at radius 3 is 2.78 bits per heavy atom. The third-order valence-corrected chi connectivity index (χ3v) is 3.42. The summed E-state index contributed by atoms with van der Waals surface area (Å²) >= 11 is 0. The molecule has 0 saturated carbocycles. The lowest BCUT2D eigenvalue weighted by molar-refractivity contribution is 0.448. The van der Waals surface area contributed by atoms with Gasteiger partial charge in [0.1, 0.15) is 17.2 Å². The minimum atomic E-state index is -0.227. The molecule has 5 heteroatoms. The average Bonchev–Trinajstić information content (AvgIpc) is 2.60. The molecule has 0 saturated heterocycles. The first-order valence-electron chi connectivity index (χ1n) is 7.60. The van der Waals surface area contributed by atoms with Crippen LogP contribution in [0.15, 0.2) is 53.2 Å². The summed E-state index contributed by atoms with van der Waals surface area (Å²) in [6, 6.07) is 5.39. The molecule has 0 unspecified atom stereocenters. The van der Waals surface area contributed by atoms with Gasteiger partial charge in [-0.25, -0.2) is 5.10 Å². The summed E-state index contributed by atoms with van der Waals surface area (Å²) in [6.45, 7) is 9.79. The van der Waals surface area contributed by atoms with E-state index in [4.69, 9.17) is 4.74 Å². The molecule has 0 spiro atoms. The van der Waals surface area contributed by atoms with Gasteiger partial charge >= 0.3 is 0 Å². The van der Waals surface area contributed by atoms with E-state index >= 15 is 0 Å². The van der Waals surface area contributed by atoms with Crippen LogP contribution in [0, 0.1) is 0 Å². The Bertz CT molecular complexity index is 860. The van der Waals surface area contributed by atoms with Crippen LogP contribution in [0.25, 0.3) is 16.3 Å². The van der Waals surface area contributed by atoms with Crippen LogP contribution in [-0.4, -0.2) is 17.2 Å². The van der Waals surface area contributed by atoms with E-state index in [2.05, 4.69) is 22.1 Å². The summed E-state index contributed by atoms with van der Waals surface area (Å²) in [5, 5.41) is 11.0. The average molecular weight is 311 g/mol. The van der Waals surface area contributed by atoms with E-state index in [0.29, 0.717) is 22.6 Å². The Hall–Kier alpha value is -2.82. The Kier molecular flexibility index (Phi) is 5.01. The predicted molar refractivity (Wildman–Crippen MR) is 94.3 cm³/mol. The van der Waals surface area contributed by atoms with E-state index in [1.807, 2.05) is 39.0 Å². The molecule has 1 aliphatic rings. The van der Waals surface area contributed by atoms with Gasteiger partial charge in [0.25, 0.3) is 5.56 Å². The molecule has 0 aliphatic carbocycles. The van der Waals surface area contributed by atoms with Gasteiger partial charge in [0.15, 0.2) is 0 Å². The number of likely N-dealkylation sites (N-methyl/N-ethyl adjacent to an activating group) is 1. The second-order valence-corrected chi connectivity index (χ2v) is 4.67. The maximum absolute atomic E-state index is 11.9. The highest BCUT2D eigenvalue weighted by Gasteiger charge is 2.24. The molecule has 2 aromatic rings. The predicted octanol–water partition coefficient (Wildman–Crippen LogP) is 3.36. The minimum absolute atomic E-state index is 0.227. The largest absolute Gasteiger partial charge is 0.456 e. The Balaban J connectivity index is 0.000000924. The van der Waals surface area contributed by atoms with Crippen molar-refractivity contribution in [2.75, 3.05) is 7.05 Å². The SMILES string of the molecule is C=C(/C=C1\C(=C/C)Oc2cccc3c(=O)[nH]nc1c23)NC.CC. The lowest BCUT2D eigenvalue weighted by atomic mass is 9.99. The van der Waals surface area contributed by atoms with Gasteiger partial charge in [0.2, 0.25) is 0 Å². The molecule has 0 amide bonds. The highest BCUT2D eigenvalue weighted by molar-refractivity contribution is 6.01. The van der Waals surface area contributed by atoms with Crippen LogP contribution in [0.5, 0.6) is 5.75 Å². The van der Waals surface area contributed by atoms with Gasteiger partial charge in [0.05, 0.1) is 10.8 Å². The standard InChI is InChI=1S/C16H15N3O2.C2H6/c1-4-12-11(8-9(2)17-3)15-14-10(16(20)19-18-15)6-5-7-13(14)21-12;1-2/h4-8,17H,2H2,1,3H3,(H,19,20);1-2H3/b11-8+,12-4+;. The number of aromatic amines is 1. The van der Waals surface area contributed by atoms with E-state index < -0.39 is 0 Å². The van der Waals surface area contributed by atoms with Gasteiger partial charge in [-0.05, 0) is 31.2 Å². The van der Waals surface area contributed by atoms with Gasteiger partial charge in [0, 0.05) is 18.3 Å². The summed E-state index contributed by atoms with van der Waals surface area (Å²) in [7, 11) is 1.79. The smallest absolute Gasteiger partial charge is 0.272 e. The van der Waals surface area contributed by atoms with E-state index in [1.54, 1.807) is 19.2 Å². The van der Waals surface area contributed by atoms with Crippen LogP contribution in [0.2, 0.25) is 0 Å². The zero-order chi connectivity index (χ0) is 17.0. The lowest BCUT2D eigenvalue weighted by Gasteiger charge is -2.22. The summed E-state index contributed by atoms with van der Waals surface area (Å²) < 4.78 is 5.90. The van der Waals surface area contributed by atoms with Crippen molar-refractivity contribution in [2.24, 2.45) is 0 Å². The van der Waals surface area contributed by atoms with Crippen LogP contribution in [0.3, 0.4) is 0 Å². The van der Waals surface area contributed by atoms with Crippen molar-refractivity contribution in [3.63, 3.8) is 0 Å². The molecule has 5 nitrogen and oxygen atoms in total.